The van der Waals surface area contributed by atoms with Crippen LogP contribution in [0.15, 0.2) is 54.6 Å². The van der Waals surface area contributed by atoms with Gasteiger partial charge >= 0.3 is 0 Å². The summed E-state index contributed by atoms with van der Waals surface area (Å²) in [5, 5.41) is 4.79. The summed E-state index contributed by atoms with van der Waals surface area (Å²) < 4.78 is 1.73. The summed E-state index contributed by atoms with van der Waals surface area (Å²) in [5.41, 5.74) is 5.55. The topological polar surface area (TPSA) is 58.4 Å². The molecule has 0 aliphatic carbocycles. The van der Waals surface area contributed by atoms with Crippen molar-refractivity contribution in [3.8, 4) is 16.9 Å². The third kappa shape index (κ3) is 3.85. The van der Waals surface area contributed by atoms with E-state index in [1.165, 1.54) is 11.1 Å². The average molecular weight is 402 g/mol. The fourth-order valence-electron chi connectivity index (χ4n) is 3.73. The maximum Gasteiger partial charge on any atom is 0.272 e. The van der Waals surface area contributed by atoms with Gasteiger partial charge in [0.15, 0.2) is 0 Å². The third-order valence-corrected chi connectivity index (χ3v) is 5.74. The van der Waals surface area contributed by atoms with Gasteiger partial charge in [-0.1, -0.05) is 30.3 Å². The van der Waals surface area contributed by atoms with Crippen molar-refractivity contribution in [2.75, 3.05) is 26.2 Å². The molecule has 1 aliphatic rings. The molecule has 6 nitrogen and oxygen atoms in total. The lowest BCUT2D eigenvalue weighted by atomic mass is 10.0. The Labute approximate surface area is 176 Å². The maximum atomic E-state index is 13.4. The molecule has 1 saturated heterocycles. The number of benzene rings is 2. The lowest BCUT2D eigenvalue weighted by Crippen LogP contribution is -2.50. The molecule has 0 saturated carbocycles. The fraction of sp³-hybridized carbons (Fsp3) is 0.292. The van der Waals surface area contributed by atoms with E-state index in [1.807, 2.05) is 42.5 Å². The summed E-state index contributed by atoms with van der Waals surface area (Å²) >= 11 is 0. The zero-order valence-corrected chi connectivity index (χ0v) is 17.6. The number of carbonyl (C=O) groups is 2. The van der Waals surface area contributed by atoms with Gasteiger partial charge in [-0.15, -0.1) is 0 Å². The van der Waals surface area contributed by atoms with Crippen molar-refractivity contribution in [2.45, 2.75) is 20.8 Å². The van der Waals surface area contributed by atoms with Gasteiger partial charge in [-0.25, -0.2) is 4.68 Å². The van der Waals surface area contributed by atoms with Crippen LogP contribution >= 0.6 is 0 Å². The van der Waals surface area contributed by atoms with E-state index in [2.05, 4.69) is 26.0 Å². The standard InChI is InChI=1S/C24H26N4O2/c1-17-9-10-20(15-18(17)2)22-16-23(28(25-22)21-7-5-4-6-8-21)24(30)27-13-11-26(12-14-27)19(3)29/h4-10,15-16H,11-14H2,1-3H3. The number of nitrogens with zero attached hydrogens (tertiary/aromatic N) is 4. The predicted octanol–water partition coefficient (Wildman–Crippen LogP) is 3.46. The summed E-state index contributed by atoms with van der Waals surface area (Å²) in [6, 6.07) is 17.8. The highest BCUT2D eigenvalue weighted by Gasteiger charge is 2.27. The Kier molecular flexibility index (Phi) is 5.40. The molecule has 1 aromatic heterocycles. The van der Waals surface area contributed by atoms with Crippen LogP contribution in [0.1, 0.15) is 28.5 Å². The molecule has 2 heterocycles. The lowest BCUT2D eigenvalue weighted by molar-refractivity contribution is -0.130. The molecule has 2 amide bonds. The van der Waals surface area contributed by atoms with Crippen molar-refractivity contribution in [3.63, 3.8) is 0 Å². The second-order valence-corrected chi connectivity index (χ2v) is 7.76. The van der Waals surface area contributed by atoms with Crippen LogP contribution in [0.5, 0.6) is 0 Å². The van der Waals surface area contributed by atoms with E-state index in [1.54, 1.807) is 21.4 Å². The van der Waals surface area contributed by atoms with Crippen molar-refractivity contribution in [2.24, 2.45) is 0 Å². The van der Waals surface area contributed by atoms with Gasteiger partial charge in [-0.3, -0.25) is 9.59 Å². The van der Waals surface area contributed by atoms with Crippen molar-refractivity contribution in [3.05, 3.63) is 71.4 Å². The second kappa shape index (κ2) is 8.14. The molecule has 0 N–H and O–H groups in total. The van der Waals surface area contributed by atoms with E-state index in [0.29, 0.717) is 31.9 Å². The van der Waals surface area contributed by atoms with Crippen LogP contribution in [0, 0.1) is 13.8 Å². The second-order valence-electron chi connectivity index (χ2n) is 7.76. The van der Waals surface area contributed by atoms with Crippen LogP contribution < -0.4 is 0 Å². The van der Waals surface area contributed by atoms with Gasteiger partial charge in [-0.05, 0) is 49.2 Å². The summed E-state index contributed by atoms with van der Waals surface area (Å²) in [6.45, 7) is 7.90. The van der Waals surface area contributed by atoms with Crippen molar-refractivity contribution >= 4 is 11.8 Å². The summed E-state index contributed by atoms with van der Waals surface area (Å²) in [6.07, 6.45) is 0. The molecule has 6 heteroatoms. The van der Waals surface area contributed by atoms with E-state index >= 15 is 0 Å². The number of aryl methyl sites for hydroxylation is 2. The van der Waals surface area contributed by atoms with Crippen molar-refractivity contribution < 1.29 is 9.59 Å². The SMILES string of the molecule is CC(=O)N1CCN(C(=O)c2cc(-c3ccc(C)c(C)c3)nn2-c2ccccc2)CC1. The van der Waals surface area contributed by atoms with Gasteiger partial charge in [0.05, 0.1) is 11.4 Å². The van der Waals surface area contributed by atoms with Crippen molar-refractivity contribution in [1.82, 2.24) is 19.6 Å². The Morgan fingerprint density at radius 1 is 0.833 bits per heavy atom. The molecule has 3 aromatic rings. The molecule has 30 heavy (non-hydrogen) atoms. The molecule has 1 fully saturated rings. The molecule has 0 atom stereocenters. The van der Waals surface area contributed by atoms with E-state index in [-0.39, 0.29) is 11.8 Å². The molecule has 4 rings (SSSR count). The van der Waals surface area contributed by atoms with Gasteiger partial charge < -0.3 is 9.80 Å². The minimum absolute atomic E-state index is 0.0495. The minimum atomic E-state index is -0.0651. The van der Waals surface area contributed by atoms with Gasteiger partial charge in [-0.2, -0.15) is 5.10 Å². The number of para-hydroxylation sites is 1. The molecular formula is C24H26N4O2. The number of carbonyl (C=O) groups excluding carboxylic acids is 2. The minimum Gasteiger partial charge on any atom is -0.339 e. The zero-order valence-electron chi connectivity index (χ0n) is 17.6. The van der Waals surface area contributed by atoms with Gasteiger partial charge in [0.2, 0.25) is 5.91 Å². The quantitative estimate of drug-likeness (QED) is 0.674. The first-order chi connectivity index (χ1) is 14.4. The number of rotatable bonds is 3. The Balaban J connectivity index is 1.71. The smallest absolute Gasteiger partial charge is 0.272 e. The van der Waals surface area contributed by atoms with E-state index in [9.17, 15) is 9.59 Å². The van der Waals surface area contributed by atoms with Gasteiger partial charge in [0, 0.05) is 38.7 Å². The zero-order chi connectivity index (χ0) is 21.3. The summed E-state index contributed by atoms with van der Waals surface area (Å²) in [4.78, 5) is 28.6. The van der Waals surface area contributed by atoms with Crippen LogP contribution in [0.3, 0.4) is 0 Å². The molecule has 154 valence electrons. The van der Waals surface area contributed by atoms with Crippen LogP contribution in [-0.4, -0.2) is 57.6 Å². The highest BCUT2D eigenvalue weighted by Crippen LogP contribution is 2.25. The number of aromatic nitrogens is 2. The molecule has 0 spiro atoms. The molecule has 0 unspecified atom stereocenters. The largest absolute Gasteiger partial charge is 0.339 e. The average Bonchev–Trinajstić information content (AvgIpc) is 3.21. The first-order valence-corrected chi connectivity index (χ1v) is 10.2. The Morgan fingerprint density at radius 3 is 2.13 bits per heavy atom. The number of piperazine rings is 1. The van der Waals surface area contributed by atoms with Crippen LogP contribution in [0.2, 0.25) is 0 Å². The highest BCUT2D eigenvalue weighted by atomic mass is 16.2. The predicted molar refractivity (Wildman–Crippen MR) is 117 cm³/mol. The van der Waals surface area contributed by atoms with E-state index in [0.717, 1.165) is 16.9 Å². The van der Waals surface area contributed by atoms with E-state index < -0.39 is 0 Å². The molecule has 2 aromatic carbocycles. The van der Waals surface area contributed by atoms with Crippen LogP contribution in [-0.2, 0) is 4.79 Å². The first-order valence-electron chi connectivity index (χ1n) is 10.2. The number of amides is 2. The van der Waals surface area contributed by atoms with Crippen LogP contribution in [0.4, 0.5) is 0 Å². The summed E-state index contributed by atoms with van der Waals surface area (Å²) in [7, 11) is 0. The molecule has 0 radical (unpaired) electrons. The van der Waals surface area contributed by atoms with Crippen molar-refractivity contribution in [1.29, 1.82) is 0 Å². The lowest BCUT2D eigenvalue weighted by Gasteiger charge is -2.34. The molecular weight excluding hydrogens is 376 g/mol. The highest BCUT2D eigenvalue weighted by molar-refractivity contribution is 5.94. The fourth-order valence-corrected chi connectivity index (χ4v) is 3.73. The van der Waals surface area contributed by atoms with Crippen LogP contribution in [0.25, 0.3) is 16.9 Å². The maximum absolute atomic E-state index is 13.4. The number of hydrogen-bond donors (Lipinski definition) is 0. The van der Waals surface area contributed by atoms with Gasteiger partial charge in [0.25, 0.3) is 5.91 Å². The normalized spacial score (nSPS) is 14.1. The molecule has 1 aliphatic heterocycles. The Morgan fingerprint density at radius 2 is 1.50 bits per heavy atom. The first kappa shape index (κ1) is 19.9. The molecule has 0 bridgehead atoms. The third-order valence-electron chi connectivity index (χ3n) is 5.74. The Hall–Kier alpha value is -3.41. The van der Waals surface area contributed by atoms with Gasteiger partial charge in [0.1, 0.15) is 5.69 Å². The van der Waals surface area contributed by atoms with E-state index in [4.69, 9.17) is 5.10 Å². The summed E-state index contributed by atoms with van der Waals surface area (Å²) in [5.74, 6) is -0.0157. The Bertz CT molecular complexity index is 1080. The monoisotopic (exact) mass is 402 g/mol. The number of hydrogen-bond acceptors (Lipinski definition) is 3.